The van der Waals surface area contributed by atoms with Gasteiger partial charge >= 0.3 is 0 Å². The highest BCUT2D eigenvalue weighted by Gasteiger charge is 2.18. The van der Waals surface area contributed by atoms with Crippen LogP contribution in [0.3, 0.4) is 0 Å². The van der Waals surface area contributed by atoms with E-state index < -0.39 is 0 Å². The Kier molecular flexibility index (Phi) is 3.66. The third-order valence-corrected chi connectivity index (χ3v) is 3.53. The summed E-state index contributed by atoms with van der Waals surface area (Å²) in [7, 11) is 1.72. The van der Waals surface area contributed by atoms with Crippen molar-refractivity contribution in [1.82, 2.24) is 9.88 Å². The molecule has 0 bridgehead atoms. The van der Waals surface area contributed by atoms with E-state index >= 15 is 0 Å². The van der Waals surface area contributed by atoms with Crippen LogP contribution in [-0.4, -0.2) is 29.6 Å². The van der Waals surface area contributed by atoms with E-state index in [1.807, 2.05) is 18.2 Å². The average Bonchev–Trinajstić information content (AvgIpc) is 2.94. The Morgan fingerprint density at radius 1 is 1.33 bits per heavy atom. The molecule has 1 aliphatic heterocycles. The number of amides is 1. The van der Waals surface area contributed by atoms with E-state index in [1.165, 1.54) is 6.20 Å². The Bertz CT molecular complexity index is 690. The molecular formula is C15H13ClN2O3. The molecule has 0 atom stereocenters. The number of nitrogens with zero attached hydrogens (tertiary/aromatic N) is 2. The van der Waals surface area contributed by atoms with E-state index in [1.54, 1.807) is 24.2 Å². The first kappa shape index (κ1) is 13.7. The van der Waals surface area contributed by atoms with Gasteiger partial charge in [0.25, 0.3) is 5.91 Å². The zero-order valence-corrected chi connectivity index (χ0v) is 12.1. The second-order valence-corrected chi connectivity index (χ2v) is 5.11. The summed E-state index contributed by atoms with van der Waals surface area (Å²) >= 11 is 6.02. The molecule has 0 aliphatic carbocycles. The number of ether oxygens (including phenoxy) is 2. The van der Waals surface area contributed by atoms with Crippen LogP contribution in [0.1, 0.15) is 15.9 Å². The molecular weight excluding hydrogens is 292 g/mol. The van der Waals surface area contributed by atoms with Gasteiger partial charge in [-0.2, -0.15) is 0 Å². The van der Waals surface area contributed by atoms with Crippen molar-refractivity contribution in [3.8, 4) is 11.5 Å². The summed E-state index contributed by atoms with van der Waals surface area (Å²) in [4.78, 5) is 17.9. The molecule has 0 N–H and O–H groups in total. The van der Waals surface area contributed by atoms with Gasteiger partial charge in [0.1, 0.15) is 0 Å². The van der Waals surface area contributed by atoms with Crippen molar-refractivity contribution in [2.24, 2.45) is 0 Å². The topological polar surface area (TPSA) is 51.7 Å². The van der Waals surface area contributed by atoms with Gasteiger partial charge in [0, 0.05) is 26.0 Å². The van der Waals surface area contributed by atoms with Crippen molar-refractivity contribution in [3.05, 3.63) is 52.8 Å². The second-order valence-electron chi connectivity index (χ2n) is 4.70. The maximum atomic E-state index is 12.3. The number of carbonyl (C=O) groups excluding carboxylic acids is 1. The Hall–Kier alpha value is -2.27. The third-order valence-electron chi connectivity index (χ3n) is 3.20. The van der Waals surface area contributed by atoms with Crippen LogP contribution in [0.5, 0.6) is 11.5 Å². The Morgan fingerprint density at radius 3 is 2.95 bits per heavy atom. The lowest BCUT2D eigenvalue weighted by Gasteiger charge is -2.18. The quantitative estimate of drug-likeness (QED) is 0.875. The smallest absolute Gasteiger partial charge is 0.256 e. The van der Waals surface area contributed by atoms with Gasteiger partial charge in [0.2, 0.25) is 6.79 Å². The van der Waals surface area contributed by atoms with Crippen LogP contribution in [0.15, 0.2) is 36.7 Å². The summed E-state index contributed by atoms with van der Waals surface area (Å²) in [6, 6.07) is 7.22. The minimum Gasteiger partial charge on any atom is -0.454 e. The molecule has 0 radical (unpaired) electrons. The molecule has 0 saturated carbocycles. The summed E-state index contributed by atoms with van der Waals surface area (Å²) < 4.78 is 10.6. The molecule has 108 valence electrons. The maximum Gasteiger partial charge on any atom is 0.256 e. The second kappa shape index (κ2) is 5.61. The van der Waals surface area contributed by atoms with Crippen molar-refractivity contribution in [3.63, 3.8) is 0 Å². The van der Waals surface area contributed by atoms with Gasteiger partial charge in [0.05, 0.1) is 10.6 Å². The van der Waals surface area contributed by atoms with Crippen LogP contribution >= 0.6 is 11.6 Å². The standard InChI is InChI=1S/C15H13ClN2O3/c1-18(15(19)11-7-17-5-4-12(11)16)8-10-2-3-13-14(6-10)21-9-20-13/h2-7H,8-9H2,1H3. The van der Waals surface area contributed by atoms with E-state index in [0.29, 0.717) is 22.9 Å². The molecule has 1 amide bonds. The summed E-state index contributed by atoms with van der Waals surface area (Å²) in [5.74, 6) is 1.25. The van der Waals surface area contributed by atoms with Gasteiger partial charge in [0.15, 0.2) is 11.5 Å². The maximum absolute atomic E-state index is 12.3. The van der Waals surface area contributed by atoms with E-state index in [2.05, 4.69) is 4.98 Å². The van der Waals surface area contributed by atoms with Crippen LogP contribution in [0.25, 0.3) is 0 Å². The number of halogens is 1. The monoisotopic (exact) mass is 304 g/mol. The fourth-order valence-corrected chi connectivity index (χ4v) is 2.31. The molecule has 0 spiro atoms. The lowest BCUT2D eigenvalue weighted by atomic mass is 10.1. The predicted molar refractivity (Wildman–Crippen MR) is 77.6 cm³/mol. The lowest BCUT2D eigenvalue weighted by Crippen LogP contribution is -2.26. The largest absolute Gasteiger partial charge is 0.454 e. The SMILES string of the molecule is CN(Cc1ccc2c(c1)OCO2)C(=O)c1cnccc1Cl. The number of carbonyl (C=O) groups is 1. The summed E-state index contributed by atoms with van der Waals surface area (Å²) in [5.41, 5.74) is 1.34. The van der Waals surface area contributed by atoms with E-state index in [4.69, 9.17) is 21.1 Å². The highest BCUT2D eigenvalue weighted by molar-refractivity contribution is 6.33. The van der Waals surface area contributed by atoms with E-state index in [9.17, 15) is 4.79 Å². The molecule has 1 aromatic heterocycles. The molecule has 5 nitrogen and oxygen atoms in total. The fourth-order valence-electron chi connectivity index (χ4n) is 2.13. The number of aromatic nitrogens is 1. The number of hydrogen-bond donors (Lipinski definition) is 0. The Balaban J connectivity index is 1.76. The summed E-state index contributed by atoms with van der Waals surface area (Å²) in [6.45, 7) is 0.680. The first-order valence-electron chi connectivity index (χ1n) is 6.38. The van der Waals surface area contributed by atoms with Crippen LogP contribution < -0.4 is 9.47 Å². The number of rotatable bonds is 3. The molecule has 21 heavy (non-hydrogen) atoms. The number of pyridine rings is 1. The number of benzene rings is 1. The van der Waals surface area contributed by atoms with Crippen LogP contribution in [-0.2, 0) is 6.54 Å². The van der Waals surface area contributed by atoms with Gasteiger partial charge in [-0.3, -0.25) is 9.78 Å². The minimum atomic E-state index is -0.175. The summed E-state index contributed by atoms with van der Waals surface area (Å²) in [5, 5.41) is 0.396. The zero-order valence-electron chi connectivity index (χ0n) is 11.4. The van der Waals surface area contributed by atoms with E-state index in [0.717, 1.165) is 11.3 Å². The fraction of sp³-hybridized carbons (Fsp3) is 0.200. The van der Waals surface area contributed by atoms with Gasteiger partial charge in [-0.25, -0.2) is 0 Å². The predicted octanol–water partition coefficient (Wildman–Crippen LogP) is 2.74. The van der Waals surface area contributed by atoms with Crippen LogP contribution in [0.2, 0.25) is 5.02 Å². The van der Waals surface area contributed by atoms with Crippen molar-refractivity contribution in [2.45, 2.75) is 6.54 Å². The highest BCUT2D eigenvalue weighted by atomic mass is 35.5. The number of hydrogen-bond acceptors (Lipinski definition) is 4. The Morgan fingerprint density at radius 2 is 2.14 bits per heavy atom. The molecule has 6 heteroatoms. The third kappa shape index (κ3) is 2.78. The lowest BCUT2D eigenvalue weighted by molar-refractivity contribution is 0.0784. The molecule has 1 aromatic carbocycles. The van der Waals surface area contributed by atoms with Gasteiger partial charge in [-0.05, 0) is 23.8 Å². The first-order valence-corrected chi connectivity index (χ1v) is 6.76. The Labute approximate surface area is 127 Å². The number of fused-ring (bicyclic) bond motifs is 1. The van der Waals surface area contributed by atoms with Gasteiger partial charge in [-0.15, -0.1) is 0 Å². The van der Waals surface area contributed by atoms with E-state index in [-0.39, 0.29) is 12.7 Å². The van der Waals surface area contributed by atoms with Crippen LogP contribution in [0, 0.1) is 0 Å². The average molecular weight is 305 g/mol. The van der Waals surface area contributed by atoms with Crippen molar-refractivity contribution in [1.29, 1.82) is 0 Å². The molecule has 3 rings (SSSR count). The molecule has 2 heterocycles. The molecule has 2 aromatic rings. The molecule has 0 saturated heterocycles. The zero-order chi connectivity index (χ0) is 14.8. The van der Waals surface area contributed by atoms with Crippen molar-refractivity contribution >= 4 is 17.5 Å². The molecule has 0 fully saturated rings. The minimum absolute atomic E-state index is 0.175. The normalized spacial score (nSPS) is 12.3. The molecule has 0 unspecified atom stereocenters. The summed E-state index contributed by atoms with van der Waals surface area (Å²) in [6.07, 6.45) is 3.03. The molecule has 1 aliphatic rings. The van der Waals surface area contributed by atoms with Crippen LogP contribution in [0.4, 0.5) is 0 Å². The van der Waals surface area contributed by atoms with Crippen molar-refractivity contribution in [2.75, 3.05) is 13.8 Å². The van der Waals surface area contributed by atoms with Gasteiger partial charge in [-0.1, -0.05) is 17.7 Å². The van der Waals surface area contributed by atoms with Crippen molar-refractivity contribution < 1.29 is 14.3 Å². The first-order chi connectivity index (χ1) is 10.1. The van der Waals surface area contributed by atoms with Gasteiger partial charge < -0.3 is 14.4 Å². The highest BCUT2D eigenvalue weighted by Crippen LogP contribution is 2.32.